The van der Waals surface area contributed by atoms with E-state index in [1.165, 1.54) is 19.2 Å². The van der Waals surface area contributed by atoms with Gasteiger partial charge in [-0.15, -0.1) is 12.4 Å². The Balaban J connectivity index is 0.00000361. The lowest BCUT2D eigenvalue weighted by molar-refractivity contribution is 0.0118. The summed E-state index contributed by atoms with van der Waals surface area (Å²) < 4.78 is 30.8. The molecular weight excluding hydrogens is 336 g/mol. The second-order valence-electron chi connectivity index (χ2n) is 3.71. The maximum absolute atomic E-state index is 12.9. The molecule has 0 heterocycles. The number of amides is 1. The third-order valence-electron chi connectivity index (χ3n) is 2.29. The van der Waals surface area contributed by atoms with Crippen LogP contribution in [0.1, 0.15) is 10.4 Å². The lowest BCUT2D eigenvalue weighted by Crippen LogP contribution is -2.41. The van der Waals surface area contributed by atoms with Crippen molar-refractivity contribution in [2.45, 2.75) is 5.92 Å². The minimum atomic E-state index is -3.17. The summed E-state index contributed by atoms with van der Waals surface area (Å²) >= 11 is 11.5. The van der Waals surface area contributed by atoms with Gasteiger partial charge in [0.25, 0.3) is 11.8 Å². The number of halogens is 5. The first-order chi connectivity index (χ1) is 8.80. The zero-order chi connectivity index (χ0) is 14.6. The molecule has 20 heavy (non-hydrogen) atoms. The number of alkyl halides is 2. The minimum Gasteiger partial charge on any atom is -0.496 e. The van der Waals surface area contributed by atoms with Crippen LogP contribution in [0.2, 0.25) is 10.0 Å². The average Bonchev–Trinajstić information content (AvgIpc) is 2.38. The normalized spacial score (nSPS) is 10.7. The van der Waals surface area contributed by atoms with E-state index in [9.17, 15) is 13.6 Å². The summed E-state index contributed by atoms with van der Waals surface area (Å²) in [6.45, 7) is -1.72. The van der Waals surface area contributed by atoms with Crippen molar-refractivity contribution in [1.82, 2.24) is 5.32 Å². The molecule has 1 rings (SSSR count). The maximum Gasteiger partial charge on any atom is 0.277 e. The van der Waals surface area contributed by atoms with Gasteiger partial charge in [0.1, 0.15) is 5.75 Å². The average molecular weight is 350 g/mol. The molecular formula is C11H13Cl3F2N2O2. The van der Waals surface area contributed by atoms with Gasteiger partial charge in [0.15, 0.2) is 0 Å². The molecule has 0 saturated heterocycles. The van der Waals surface area contributed by atoms with Crippen molar-refractivity contribution in [2.24, 2.45) is 5.73 Å². The topological polar surface area (TPSA) is 64.3 Å². The highest BCUT2D eigenvalue weighted by Crippen LogP contribution is 2.30. The summed E-state index contributed by atoms with van der Waals surface area (Å²) in [5, 5.41) is 2.38. The fourth-order valence-electron chi connectivity index (χ4n) is 1.25. The van der Waals surface area contributed by atoms with E-state index in [1.807, 2.05) is 0 Å². The van der Waals surface area contributed by atoms with Gasteiger partial charge < -0.3 is 15.8 Å². The number of nitrogens with two attached hydrogens (primary N) is 1. The molecule has 0 atom stereocenters. The van der Waals surface area contributed by atoms with Crippen molar-refractivity contribution in [1.29, 1.82) is 0 Å². The fourth-order valence-corrected chi connectivity index (χ4v) is 1.57. The zero-order valence-corrected chi connectivity index (χ0v) is 12.7. The number of carbonyl (C=O) groups is 1. The van der Waals surface area contributed by atoms with E-state index >= 15 is 0 Å². The number of rotatable bonds is 5. The highest BCUT2D eigenvalue weighted by atomic mass is 35.5. The fraction of sp³-hybridized carbons (Fsp3) is 0.364. The van der Waals surface area contributed by atoms with Gasteiger partial charge in [0.2, 0.25) is 0 Å². The van der Waals surface area contributed by atoms with Crippen LogP contribution in [-0.4, -0.2) is 32.0 Å². The number of nitrogens with one attached hydrogen (secondary N) is 1. The summed E-state index contributed by atoms with van der Waals surface area (Å²) in [6, 6.07) is 2.58. The van der Waals surface area contributed by atoms with Gasteiger partial charge in [-0.1, -0.05) is 23.2 Å². The number of benzene rings is 1. The van der Waals surface area contributed by atoms with Crippen molar-refractivity contribution in [2.75, 3.05) is 20.2 Å². The summed E-state index contributed by atoms with van der Waals surface area (Å²) in [4.78, 5) is 11.8. The van der Waals surface area contributed by atoms with Crippen molar-refractivity contribution in [3.05, 3.63) is 27.7 Å². The monoisotopic (exact) mass is 348 g/mol. The van der Waals surface area contributed by atoms with Crippen molar-refractivity contribution in [3.63, 3.8) is 0 Å². The molecule has 1 aromatic rings. The highest BCUT2D eigenvalue weighted by Gasteiger charge is 2.28. The van der Waals surface area contributed by atoms with Crippen LogP contribution in [0.5, 0.6) is 5.75 Å². The largest absolute Gasteiger partial charge is 0.496 e. The van der Waals surface area contributed by atoms with Crippen LogP contribution in [0.3, 0.4) is 0 Å². The Hall–Kier alpha value is -0.820. The van der Waals surface area contributed by atoms with Crippen molar-refractivity contribution < 1.29 is 18.3 Å². The Morgan fingerprint density at radius 3 is 2.45 bits per heavy atom. The second-order valence-corrected chi connectivity index (χ2v) is 4.52. The zero-order valence-electron chi connectivity index (χ0n) is 10.4. The van der Waals surface area contributed by atoms with Crippen molar-refractivity contribution in [3.8, 4) is 5.75 Å². The van der Waals surface area contributed by atoms with Gasteiger partial charge in [-0.3, -0.25) is 4.79 Å². The lowest BCUT2D eigenvalue weighted by Gasteiger charge is -2.15. The van der Waals surface area contributed by atoms with Gasteiger partial charge in [0, 0.05) is 6.07 Å². The van der Waals surface area contributed by atoms with Gasteiger partial charge in [-0.05, 0) is 6.07 Å². The molecule has 3 N–H and O–H groups in total. The minimum absolute atomic E-state index is 0. The van der Waals surface area contributed by atoms with Crippen molar-refractivity contribution >= 4 is 41.5 Å². The first kappa shape index (κ1) is 19.2. The molecule has 1 aromatic carbocycles. The number of hydrogen-bond donors (Lipinski definition) is 2. The smallest absolute Gasteiger partial charge is 0.277 e. The molecule has 0 bridgehead atoms. The second kappa shape index (κ2) is 7.83. The third kappa shape index (κ3) is 4.94. The predicted molar refractivity (Wildman–Crippen MR) is 76.6 cm³/mol. The van der Waals surface area contributed by atoms with E-state index in [0.717, 1.165) is 0 Å². The first-order valence-corrected chi connectivity index (χ1v) is 5.95. The third-order valence-corrected chi connectivity index (χ3v) is 3.02. The molecule has 1 amide bonds. The Kier molecular flexibility index (Phi) is 7.51. The lowest BCUT2D eigenvalue weighted by atomic mass is 10.2. The predicted octanol–water partition coefficient (Wildman–Crippen LogP) is 2.75. The van der Waals surface area contributed by atoms with Gasteiger partial charge in [-0.2, -0.15) is 0 Å². The molecule has 9 heteroatoms. The number of methoxy groups -OCH3 is 1. The van der Waals surface area contributed by atoms with Crippen LogP contribution in [0, 0.1) is 0 Å². The highest BCUT2D eigenvalue weighted by molar-refractivity contribution is 6.42. The maximum atomic E-state index is 12.9. The Labute approximate surface area is 131 Å². The summed E-state index contributed by atoms with van der Waals surface area (Å²) in [5.41, 5.74) is 4.88. The molecule has 4 nitrogen and oxygen atoms in total. The van der Waals surface area contributed by atoms with Crippen LogP contribution in [0.15, 0.2) is 12.1 Å². The summed E-state index contributed by atoms with van der Waals surface area (Å²) in [6.07, 6.45) is 0. The van der Waals surface area contributed by atoms with Crippen LogP contribution >= 0.6 is 35.6 Å². The molecule has 0 saturated carbocycles. The Morgan fingerprint density at radius 2 is 1.95 bits per heavy atom. The van der Waals surface area contributed by atoms with Crippen LogP contribution in [0.4, 0.5) is 8.78 Å². The van der Waals surface area contributed by atoms with Crippen LogP contribution < -0.4 is 15.8 Å². The molecule has 0 spiro atoms. The standard InChI is InChI=1S/C11H12Cl2F2N2O2.ClH/c1-19-9-3-8(13)7(12)2-6(9)10(18)17-5-11(14,15)4-16;/h2-3H,4-5,16H2,1H3,(H,17,18);1H. The van der Waals surface area contributed by atoms with Gasteiger partial charge in [-0.25, -0.2) is 8.78 Å². The van der Waals surface area contributed by atoms with E-state index in [4.69, 9.17) is 33.7 Å². The van der Waals surface area contributed by atoms with E-state index in [2.05, 4.69) is 5.32 Å². The molecule has 0 aliphatic heterocycles. The van der Waals surface area contributed by atoms with E-state index in [1.54, 1.807) is 0 Å². The van der Waals surface area contributed by atoms with Crippen LogP contribution in [0.25, 0.3) is 0 Å². The molecule has 0 aromatic heterocycles. The SMILES string of the molecule is COc1cc(Cl)c(Cl)cc1C(=O)NCC(F)(F)CN.Cl. The van der Waals surface area contributed by atoms with E-state index in [-0.39, 0.29) is 33.8 Å². The number of ether oxygens (including phenoxy) is 1. The van der Waals surface area contributed by atoms with Gasteiger partial charge in [0.05, 0.1) is 35.8 Å². The first-order valence-electron chi connectivity index (χ1n) is 5.20. The van der Waals surface area contributed by atoms with E-state index in [0.29, 0.717) is 0 Å². The molecule has 0 unspecified atom stereocenters. The molecule has 114 valence electrons. The number of hydrogen-bond acceptors (Lipinski definition) is 3. The van der Waals surface area contributed by atoms with E-state index < -0.39 is 24.9 Å². The van der Waals surface area contributed by atoms with Gasteiger partial charge >= 0.3 is 0 Å². The number of carbonyl (C=O) groups excluding carboxylic acids is 1. The summed E-state index contributed by atoms with van der Waals surface area (Å²) in [5.74, 6) is -3.77. The quantitative estimate of drug-likeness (QED) is 0.859. The Bertz CT molecular complexity index is 487. The molecule has 0 aliphatic rings. The molecule has 0 aliphatic carbocycles. The Morgan fingerprint density at radius 1 is 1.40 bits per heavy atom. The molecule has 0 radical (unpaired) electrons. The van der Waals surface area contributed by atoms with Crippen LogP contribution in [-0.2, 0) is 0 Å². The molecule has 0 fully saturated rings. The summed E-state index contributed by atoms with van der Waals surface area (Å²) in [7, 11) is 1.32.